The minimum Gasteiger partial charge on any atom is -0.497 e. The third kappa shape index (κ3) is 4.29. The van der Waals surface area contributed by atoms with Gasteiger partial charge in [-0.05, 0) is 43.3 Å². The van der Waals surface area contributed by atoms with Crippen molar-refractivity contribution in [3.8, 4) is 17.3 Å². The maximum Gasteiger partial charge on any atom is 0.234 e. The zero-order valence-corrected chi connectivity index (χ0v) is 18.0. The van der Waals surface area contributed by atoms with Crippen LogP contribution >= 0.6 is 23.4 Å². The Morgan fingerprint density at radius 1 is 1.23 bits per heavy atom. The van der Waals surface area contributed by atoms with Gasteiger partial charge in [0.25, 0.3) is 0 Å². The number of amides is 1. The number of hydrogen-bond donors (Lipinski definition) is 1. The van der Waals surface area contributed by atoms with Crippen LogP contribution in [0.25, 0.3) is 22.6 Å². The lowest BCUT2D eigenvalue weighted by molar-refractivity contribution is -0.113. The Balaban J connectivity index is 1.48. The fourth-order valence-electron chi connectivity index (χ4n) is 3.02. The van der Waals surface area contributed by atoms with Crippen LogP contribution in [-0.2, 0) is 11.3 Å². The lowest BCUT2D eigenvalue weighted by Gasteiger charge is -2.08. The third-order valence-corrected chi connectivity index (χ3v) is 5.62. The molecule has 0 radical (unpaired) electrons. The van der Waals surface area contributed by atoms with Gasteiger partial charge in [-0.15, -0.1) is 10.2 Å². The average molecular weight is 443 g/mol. The summed E-state index contributed by atoms with van der Waals surface area (Å²) in [5, 5.41) is 13.6. The van der Waals surface area contributed by atoms with Crippen molar-refractivity contribution >= 4 is 45.9 Å². The van der Waals surface area contributed by atoms with E-state index >= 15 is 0 Å². The van der Waals surface area contributed by atoms with E-state index in [0.717, 1.165) is 11.0 Å². The molecular weight excluding hydrogens is 424 g/mol. The number of furan rings is 1. The van der Waals surface area contributed by atoms with Gasteiger partial charge < -0.3 is 14.5 Å². The summed E-state index contributed by atoms with van der Waals surface area (Å²) >= 11 is 7.38. The van der Waals surface area contributed by atoms with Crippen molar-refractivity contribution in [1.29, 1.82) is 0 Å². The third-order valence-electron chi connectivity index (χ3n) is 4.42. The highest BCUT2D eigenvalue weighted by Crippen LogP contribution is 2.30. The Bertz CT molecular complexity index is 1200. The lowest BCUT2D eigenvalue weighted by Crippen LogP contribution is -2.14. The second-order valence-corrected chi connectivity index (χ2v) is 7.79. The molecule has 9 heteroatoms. The number of aromatic nitrogens is 3. The Hall–Kier alpha value is -2.97. The zero-order chi connectivity index (χ0) is 21.1. The largest absolute Gasteiger partial charge is 0.497 e. The van der Waals surface area contributed by atoms with E-state index in [1.807, 2.05) is 47.9 Å². The van der Waals surface area contributed by atoms with Crippen LogP contribution in [0.4, 0.5) is 5.69 Å². The Morgan fingerprint density at radius 2 is 2.10 bits per heavy atom. The summed E-state index contributed by atoms with van der Waals surface area (Å²) in [5.74, 6) is 1.96. The van der Waals surface area contributed by atoms with Crippen LogP contribution in [0.1, 0.15) is 6.92 Å². The van der Waals surface area contributed by atoms with E-state index in [9.17, 15) is 4.79 Å². The van der Waals surface area contributed by atoms with Crippen LogP contribution in [0.5, 0.6) is 5.75 Å². The number of carbonyl (C=O) groups is 1. The smallest absolute Gasteiger partial charge is 0.234 e. The zero-order valence-electron chi connectivity index (χ0n) is 16.4. The van der Waals surface area contributed by atoms with Crippen LogP contribution in [-0.4, -0.2) is 33.5 Å². The molecule has 2 heterocycles. The highest BCUT2D eigenvalue weighted by molar-refractivity contribution is 7.99. The molecule has 0 unspecified atom stereocenters. The number of anilines is 1. The molecule has 2 aromatic carbocycles. The number of thioether (sulfide) groups is 1. The minimum absolute atomic E-state index is 0.140. The molecule has 1 N–H and O–H groups in total. The Kier molecular flexibility index (Phi) is 5.96. The monoisotopic (exact) mass is 442 g/mol. The van der Waals surface area contributed by atoms with E-state index in [1.54, 1.807) is 19.2 Å². The van der Waals surface area contributed by atoms with Gasteiger partial charge in [-0.1, -0.05) is 29.4 Å². The highest BCUT2D eigenvalue weighted by Gasteiger charge is 2.18. The molecule has 0 spiro atoms. The molecule has 0 bridgehead atoms. The number of nitrogens with one attached hydrogen (secondary N) is 1. The van der Waals surface area contributed by atoms with Crippen LogP contribution in [0.3, 0.4) is 0 Å². The summed E-state index contributed by atoms with van der Waals surface area (Å²) in [6.07, 6.45) is 0. The molecule has 0 atom stereocenters. The van der Waals surface area contributed by atoms with Crippen molar-refractivity contribution in [2.24, 2.45) is 0 Å². The quantitative estimate of drug-likeness (QED) is 0.401. The van der Waals surface area contributed by atoms with E-state index < -0.39 is 0 Å². The molecule has 0 aliphatic carbocycles. The van der Waals surface area contributed by atoms with Gasteiger partial charge >= 0.3 is 0 Å². The first-order valence-corrected chi connectivity index (χ1v) is 10.6. The maximum absolute atomic E-state index is 12.3. The number of carbonyl (C=O) groups excluding carboxylic acids is 1. The summed E-state index contributed by atoms with van der Waals surface area (Å²) < 4.78 is 13.0. The molecule has 154 valence electrons. The molecule has 0 saturated heterocycles. The van der Waals surface area contributed by atoms with Gasteiger partial charge in [0.1, 0.15) is 11.3 Å². The standard InChI is InChI=1S/C21H19ClN4O3S/c1-3-26-20(18-10-13-9-14(22)7-8-17(13)29-18)24-25-21(26)30-12-19(27)23-15-5-4-6-16(11-15)28-2/h4-11H,3,12H2,1-2H3,(H,23,27). The predicted molar refractivity (Wildman–Crippen MR) is 118 cm³/mol. The second kappa shape index (κ2) is 8.81. The van der Waals surface area contributed by atoms with Crippen molar-refractivity contribution in [2.45, 2.75) is 18.6 Å². The summed E-state index contributed by atoms with van der Waals surface area (Å²) in [5.41, 5.74) is 1.41. The topological polar surface area (TPSA) is 82.2 Å². The van der Waals surface area contributed by atoms with Crippen LogP contribution < -0.4 is 10.1 Å². The van der Waals surface area contributed by atoms with Gasteiger partial charge in [-0.2, -0.15) is 0 Å². The molecule has 4 aromatic rings. The van der Waals surface area contributed by atoms with E-state index in [0.29, 0.717) is 39.7 Å². The lowest BCUT2D eigenvalue weighted by atomic mass is 10.2. The number of fused-ring (bicyclic) bond motifs is 1. The summed E-state index contributed by atoms with van der Waals surface area (Å²) in [6.45, 7) is 2.63. The molecule has 7 nitrogen and oxygen atoms in total. The van der Waals surface area contributed by atoms with Crippen molar-refractivity contribution in [1.82, 2.24) is 14.8 Å². The van der Waals surface area contributed by atoms with Crippen molar-refractivity contribution < 1.29 is 13.9 Å². The molecule has 0 saturated carbocycles. The van der Waals surface area contributed by atoms with Gasteiger partial charge in [0.15, 0.2) is 10.9 Å². The highest BCUT2D eigenvalue weighted by atomic mass is 35.5. The van der Waals surface area contributed by atoms with Crippen molar-refractivity contribution in [3.05, 3.63) is 53.6 Å². The average Bonchev–Trinajstić information content (AvgIpc) is 3.35. The van der Waals surface area contributed by atoms with Crippen LogP contribution in [0, 0.1) is 0 Å². The Labute approximate surface area is 182 Å². The van der Waals surface area contributed by atoms with Crippen molar-refractivity contribution in [2.75, 3.05) is 18.2 Å². The maximum atomic E-state index is 12.3. The van der Waals surface area contributed by atoms with E-state index in [-0.39, 0.29) is 11.7 Å². The molecule has 0 aliphatic rings. The number of ether oxygens (including phenoxy) is 1. The Morgan fingerprint density at radius 3 is 2.90 bits per heavy atom. The molecule has 2 aromatic heterocycles. The number of halogens is 1. The second-order valence-electron chi connectivity index (χ2n) is 6.41. The fourth-order valence-corrected chi connectivity index (χ4v) is 4.00. The summed E-state index contributed by atoms with van der Waals surface area (Å²) in [7, 11) is 1.59. The molecule has 0 aliphatic heterocycles. The predicted octanol–water partition coefficient (Wildman–Crippen LogP) is 5.10. The van der Waals surface area contributed by atoms with Gasteiger partial charge in [0.2, 0.25) is 11.7 Å². The SMILES string of the molecule is CCn1c(SCC(=O)Nc2cccc(OC)c2)nnc1-c1cc2cc(Cl)ccc2o1. The molecule has 4 rings (SSSR count). The van der Waals surface area contributed by atoms with Gasteiger partial charge in [0.05, 0.1) is 12.9 Å². The van der Waals surface area contributed by atoms with Crippen molar-refractivity contribution in [3.63, 3.8) is 0 Å². The first kappa shape index (κ1) is 20.3. The van der Waals surface area contributed by atoms with E-state index in [1.165, 1.54) is 11.8 Å². The first-order chi connectivity index (χ1) is 14.6. The number of benzene rings is 2. The van der Waals surface area contributed by atoms with Crippen LogP contribution in [0.2, 0.25) is 5.02 Å². The van der Waals surface area contributed by atoms with Gasteiger partial charge in [-0.25, -0.2) is 0 Å². The summed E-state index contributed by atoms with van der Waals surface area (Å²) in [4.78, 5) is 12.3. The van der Waals surface area contributed by atoms with Gasteiger partial charge in [-0.3, -0.25) is 9.36 Å². The van der Waals surface area contributed by atoms with E-state index in [4.69, 9.17) is 20.8 Å². The first-order valence-electron chi connectivity index (χ1n) is 9.26. The normalized spacial score (nSPS) is 11.0. The number of nitrogens with zero attached hydrogens (tertiary/aromatic N) is 3. The molecular formula is C21H19ClN4O3S. The number of rotatable bonds is 7. The minimum atomic E-state index is -0.140. The number of hydrogen-bond acceptors (Lipinski definition) is 6. The fraction of sp³-hybridized carbons (Fsp3) is 0.190. The molecule has 1 amide bonds. The van der Waals surface area contributed by atoms with E-state index in [2.05, 4.69) is 15.5 Å². The molecule has 30 heavy (non-hydrogen) atoms. The van der Waals surface area contributed by atoms with Crippen LogP contribution in [0.15, 0.2) is 58.1 Å². The molecule has 0 fully saturated rings. The summed E-state index contributed by atoms with van der Waals surface area (Å²) in [6, 6.07) is 14.6. The van der Waals surface area contributed by atoms with Gasteiger partial charge in [0, 0.05) is 28.7 Å². The number of methoxy groups -OCH3 is 1.